The summed E-state index contributed by atoms with van der Waals surface area (Å²) in [4.78, 5) is 0.483. The molecule has 0 saturated heterocycles. The number of fused-ring (bicyclic) bond motifs is 1. The molecular formula is C17H25NO2S. The van der Waals surface area contributed by atoms with Crippen LogP contribution in [0.3, 0.4) is 0 Å². The number of sulfonamides is 1. The third-order valence-electron chi connectivity index (χ3n) is 5.09. The highest BCUT2D eigenvalue weighted by atomic mass is 32.2. The molecule has 0 amide bonds. The molecule has 0 aliphatic heterocycles. The van der Waals surface area contributed by atoms with Crippen molar-refractivity contribution in [3.63, 3.8) is 0 Å². The maximum Gasteiger partial charge on any atom is 0.243 e. The zero-order valence-electron chi connectivity index (χ0n) is 12.8. The van der Waals surface area contributed by atoms with E-state index in [0.717, 1.165) is 38.5 Å². The Balaban J connectivity index is 1.86. The lowest BCUT2D eigenvalue weighted by Gasteiger charge is -2.30. The molecule has 0 spiro atoms. The van der Waals surface area contributed by atoms with Crippen LogP contribution in [0.1, 0.15) is 56.1 Å². The van der Waals surface area contributed by atoms with Crippen LogP contribution in [0.4, 0.5) is 0 Å². The van der Waals surface area contributed by atoms with Crippen molar-refractivity contribution in [2.24, 2.45) is 0 Å². The summed E-state index contributed by atoms with van der Waals surface area (Å²) >= 11 is 0. The SMILES string of the molecule is CN(C1CCCCC1)S(=O)(=O)c1ccc2c(c1)CCCC2. The van der Waals surface area contributed by atoms with Crippen molar-refractivity contribution in [3.8, 4) is 0 Å². The molecule has 1 fully saturated rings. The normalized spacial score (nSPS) is 20.5. The van der Waals surface area contributed by atoms with Crippen LogP contribution < -0.4 is 0 Å². The second-order valence-corrected chi connectivity index (χ2v) is 8.45. The number of nitrogens with zero attached hydrogens (tertiary/aromatic N) is 1. The van der Waals surface area contributed by atoms with Gasteiger partial charge in [0.15, 0.2) is 0 Å². The summed E-state index contributed by atoms with van der Waals surface area (Å²) in [5, 5.41) is 0. The molecule has 1 aromatic rings. The molecular weight excluding hydrogens is 282 g/mol. The van der Waals surface area contributed by atoms with Gasteiger partial charge in [0.25, 0.3) is 0 Å². The van der Waals surface area contributed by atoms with E-state index in [1.807, 2.05) is 12.1 Å². The minimum Gasteiger partial charge on any atom is -0.207 e. The fraction of sp³-hybridized carbons (Fsp3) is 0.647. The lowest BCUT2D eigenvalue weighted by atomic mass is 9.92. The minimum atomic E-state index is -3.34. The Morgan fingerprint density at radius 1 is 0.952 bits per heavy atom. The second kappa shape index (κ2) is 6.09. The lowest BCUT2D eigenvalue weighted by Crippen LogP contribution is -2.38. The zero-order valence-corrected chi connectivity index (χ0v) is 13.7. The van der Waals surface area contributed by atoms with Crippen molar-refractivity contribution in [2.45, 2.75) is 68.7 Å². The van der Waals surface area contributed by atoms with Gasteiger partial charge in [0, 0.05) is 13.1 Å². The van der Waals surface area contributed by atoms with Gasteiger partial charge < -0.3 is 0 Å². The maximum absolute atomic E-state index is 12.8. The smallest absolute Gasteiger partial charge is 0.207 e. The van der Waals surface area contributed by atoms with Crippen molar-refractivity contribution in [1.29, 1.82) is 0 Å². The second-order valence-electron chi connectivity index (χ2n) is 6.45. The minimum absolute atomic E-state index is 0.180. The van der Waals surface area contributed by atoms with Gasteiger partial charge in [0.05, 0.1) is 4.90 Å². The van der Waals surface area contributed by atoms with Crippen LogP contribution in [0.5, 0.6) is 0 Å². The Kier molecular flexibility index (Phi) is 4.36. The van der Waals surface area contributed by atoms with Gasteiger partial charge in [-0.15, -0.1) is 0 Å². The average Bonchev–Trinajstić information content (AvgIpc) is 2.54. The van der Waals surface area contributed by atoms with Crippen LogP contribution in [0.25, 0.3) is 0 Å². The van der Waals surface area contributed by atoms with Crippen LogP contribution in [0.2, 0.25) is 0 Å². The molecule has 0 radical (unpaired) electrons. The lowest BCUT2D eigenvalue weighted by molar-refractivity contribution is 0.286. The van der Waals surface area contributed by atoms with Gasteiger partial charge in [-0.2, -0.15) is 4.31 Å². The van der Waals surface area contributed by atoms with Gasteiger partial charge in [-0.25, -0.2) is 8.42 Å². The first kappa shape index (κ1) is 15.0. The topological polar surface area (TPSA) is 37.4 Å². The van der Waals surface area contributed by atoms with E-state index in [-0.39, 0.29) is 6.04 Å². The number of rotatable bonds is 3. The van der Waals surface area contributed by atoms with Gasteiger partial charge in [0.1, 0.15) is 0 Å². The van der Waals surface area contributed by atoms with Crippen LogP contribution >= 0.6 is 0 Å². The van der Waals surface area contributed by atoms with Crippen LogP contribution in [-0.2, 0) is 22.9 Å². The fourth-order valence-corrected chi connectivity index (χ4v) is 5.14. The average molecular weight is 307 g/mol. The Morgan fingerprint density at radius 2 is 1.62 bits per heavy atom. The van der Waals surface area contributed by atoms with E-state index in [0.29, 0.717) is 4.90 Å². The summed E-state index contributed by atoms with van der Waals surface area (Å²) in [7, 11) is -1.58. The first-order valence-electron chi connectivity index (χ1n) is 8.19. The van der Waals surface area contributed by atoms with Crippen molar-refractivity contribution >= 4 is 10.0 Å². The molecule has 0 heterocycles. The highest BCUT2D eigenvalue weighted by molar-refractivity contribution is 7.89. The zero-order chi connectivity index (χ0) is 14.9. The third-order valence-corrected chi connectivity index (χ3v) is 6.99. The number of aryl methyl sites for hydroxylation is 2. The molecule has 2 aliphatic carbocycles. The predicted molar refractivity (Wildman–Crippen MR) is 84.9 cm³/mol. The third kappa shape index (κ3) is 3.02. The van der Waals surface area contributed by atoms with E-state index in [9.17, 15) is 8.42 Å². The molecule has 3 rings (SSSR count). The molecule has 0 atom stereocenters. The van der Waals surface area contributed by atoms with Crippen molar-refractivity contribution in [3.05, 3.63) is 29.3 Å². The quantitative estimate of drug-likeness (QED) is 0.857. The van der Waals surface area contributed by atoms with E-state index in [4.69, 9.17) is 0 Å². The summed E-state index contributed by atoms with van der Waals surface area (Å²) in [6, 6.07) is 5.93. The maximum atomic E-state index is 12.8. The Hall–Kier alpha value is -0.870. The van der Waals surface area contributed by atoms with Crippen LogP contribution in [0, 0.1) is 0 Å². The Morgan fingerprint density at radius 3 is 2.33 bits per heavy atom. The number of benzene rings is 1. The highest BCUT2D eigenvalue weighted by Gasteiger charge is 2.29. The largest absolute Gasteiger partial charge is 0.243 e. The van der Waals surface area contributed by atoms with Gasteiger partial charge in [-0.05, 0) is 61.8 Å². The summed E-state index contributed by atoms with van der Waals surface area (Å²) < 4.78 is 27.3. The van der Waals surface area contributed by atoms with Gasteiger partial charge in [-0.3, -0.25) is 0 Å². The molecule has 116 valence electrons. The Labute approximate surface area is 128 Å². The monoisotopic (exact) mass is 307 g/mol. The van der Waals surface area contributed by atoms with E-state index in [1.54, 1.807) is 17.4 Å². The van der Waals surface area contributed by atoms with Gasteiger partial charge in [-0.1, -0.05) is 25.3 Å². The van der Waals surface area contributed by atoms with Crippen molar-refractivity contribution in [1.82, 2.24) is 4.31 Å². The van der Waals surface area contributed by atoms with Crippen LogP contribution in [-0.4, -0.2) is 25.8 Å². The molecule has 0 aromatic heterocycles. The van der Waals surface area contributed by atoms with Crippen LogP contribution in [0.15, 0.2) is 23.1 Å². The van der Waals surface area contributed by atoms with E-state index >= 15 is 0 Å². The van der Waals surface area contributed by atoms with Crippen molar-refractivity contribution in [2.75, 3.05) is 7.05 Å². The van der Waals surface area contributed by atoms with E-state index in [2.05, 4.69) is 0 Å². The molecule has 21 heavy (non-hydrogen) atoms. The molecule has 2 aliphatic rings. The number of hydrogen-bond acceptors (Lipinski definition) is 2. The summed E-state index contributed by atoms with van der Waals surface area (Å²) in [6.45, 7) is 0. The van der Waals surface area contributed by atoms with E-state index in [1.165, 1.54) is 30.4 Å². The van der Waals surface area contributed by atoms with E-state index < -0.39 is 10.0 Å². The molecule has 4 heteroatoms. The van der Waals surface area contributed by atoms with Crippen molar-refractivity contribution < 1.29 is 8.42 Å². The fourth-order valence-electron chi connectivity index (χ4n) is 3.68. The summed E-state index contributed by atoms with van der Waals surface area (Å²) in [5.74, 6) is 0. The number of hydrogen-bond donors (Lipinski definition) is 0. The Bertz CT molecular complexity index is 603. The molecule has 1 saturated carbocycles. The summed E-state index contributed by atoms with van der Waals surface area (Å²) in [6.07, 6.45) is 10.0. The first-order valence-corrected chi connectivity index (χ1v) is 9.63. The van der Waals surface area contributed by atoms with Gasteiger partial charge >= 0.3 is 0 Å². The molecule has 3 nitrogen and oxygen atoms in total. The molecule has 0 N–H and O–H groups in total. The summed E-state index contributed by atoms with van der Waals surface area (Å²) in [5.41, 5.74) is 2.57. The highest BCUT2D eigenvalue weighted by Crippen LogP contribution is 2.29. The predicted octanol–water partition coefficient (Wildman–Crippen LogP) is 3.52. The first-order chi connectivity index (χ1) is 10.1. The standard InChI is InChI=1S/C17H25NO2S/c1-18(16-9-3-2-4-10-16)21(19,20)17-12-11-14-7-5-6-8-15(14)13-17/h11-13,16H,2-10H2,1H3. The molecule has 1 aromatic carbocycles. The molecule has 0 bridgehead atoms. The molecule has 0 unspecified atom stereocenters. The van der Waals surface area contributed by atoms with Gasteiger partial charge in [0.2, 0.25) is 10.0 Å².